The Bertz CT molecular complexity index is 2360. The molecular weight excluding hydrogens is 685 g/mol. The third-order valence-corrected chi connectivity index (χ3v) is 10.2. The van der Waals surface area contributed by atoms with Gasteiger partial charge in [0.15, 0.2) is 0 Å². The van der Waals surface area contributed by atoms with Gasteiger partial charge in [-0.3, -0.25) is 29.4 Å². The molecule has 0 aliphatic carbocycles. The number of nitrogens with one attached hydrogen (secondary N) is 2. The number of fused-ring (bicyclic) bond motifs is 2. The highest BCUT2D eigenvalue weighted by atomic mass is 32.1. The fraction of sp³-hybridized carbons (Fsp3) is 0.147. The molecule has 0 radical (unpaired) electrons. The molecule has 0 unspecified atom stereocenters. The zero-order valence-corrected chi connectivity index (χ0v) is 28.0. The van der Waals surface area contributed by atoms with Crippen LogP contribution >= 0.6 is 22.7 Å². The molecule has 7 rings (SSSR count). The number of carboxylic acids is 1. The van der Waals surface area contributed by atoms with Crippen LogP contribution in [-0.4, -0.2) is 66.8 Å². The van der Waals surface area contributed by atoms with Crippen LogP contribution in [0.1, 0.15) is 44.4 Å². The Kier molecular flexibility index (Phi) is 8.47. The van der Waals surface area contributed by atoms with Gasteiger partial charge < -0.3 is 14.6 Å². The second-order valence-corrected chi connectivity index (χ2v) is 13.1. The van der Waals surface area contributed by atoms with E-state index in [1.807, 2.05) is 36.4 Å². The molecule has 0 aliphatic heterocycles. The van der Waals surface area contributed by atoms with Crippen LogP contribution in [0.15, 0.2) is 82.4 Å². The molecular formula is C34H26N6O8S2. The zero-order valence-electron chi connectivity index (χ0n) is 26.3. The van der Waals surface area contributed by atoms with Crippen molar-refractivity contribution in [3.63, 3.8) is 0 Å². The van der Waals surface area contributed by atoms with Crippen LogP contribution < -0.4 is 11.1 Å². The number of rotatable bonds is 10. The molecule has 16 heteroatoms. The quantitative estimate of drug-likeness (QED) is 0.174. The Morgan fingerprint density at radius 1 is 0.720 bits per heavy atom. The second-order valence-electron chi connectivity index (χ2n) is 11.0. The first-order chi connectivity index (χ1) is 24.2. The van der Waals surface area contributed by atoms with Crippen molar-refractivity contribution >= 4 is 61.0 Å². The predicted octanol–water partition coefficient (Wildman–Crippen LogP) is 4.17. The molecule has 252 valence electrons. The summed E-state index contributed by atoms with van der Waals surface area (Å²) in [4.78, 5) is 76.8. The van der Waals surface area contributed by atoms with Crippen molar-refractivity contribution in [2.45, 2.75) is 18.8 Å². The summed E-state index contributed by atoms with van der Waals surface area (Å²) in [5, 5.41) is 16.8. The van der Waals surface area contributed by atoms with Crippen molar-refractivity contribution in [3.05, 3.63) is 127 Å². The Morgan fingerprint density at radius 3 is 1.60 bits per heavy atom. The molecule has 4 heterocycles. The lowest BCUT2D eigenvalue weighted by atomic mass is 9.82. The Labute approximate surface area is 289 Å². The van der Waals surface area contributed by atoms with Crippen LogP contribution in [0.5, 0.6) is 0 Å². The summed E-state index contributed by atoms with van der Waals surface area (Å²) >= 11 is 2.43. The number of para-hydroxylation sites is 2. The maximum absolute atomic E-state index is 14.7. The summed E-state index contributed by atoms with van der Waals surface area (Å²) in [6.07, 6.45) is -0.874. The van der Waals surface area contributed by atoms with Crippen molar-refractivity contribution in [2.75, 3.05) is 14.2 Å². The fourth-order valence-corrected chi connectivity index (χ4v) is 7.72. The van der Waals surface area contributed by atoms with Gasteiger partial charge in [0, 0.05) is 5.92 Å². The van der Waals surface area contributed by atoms with Crippen molar-refractivity contribution < 1.29 is 29.0 Å². The number of carbonyl (C=O) groups excluding carboxylic acids is 2. The van der Waals surface area contributed by atoms with Gasteiger partial charge in [0.2, 0.25) is 10.3 Å². The Morgan fingerprint density at radius 2 is 1.16 bits per heavy atom. The molecule has 0 aliphatic rings. The number of carbonyl (C=O) groups is 3. The number of hydrogen-bond acceptors (Lipinski definition) is 11. The topological polar surface area (TPSA) is 191 Å². The first-order valence-corrected chi connectivity index (χ1v) is 16.7. The average molecular weight is 711 g/mol. The molecule has 0 atom stereocenters. The zero-order chi connectivity index (χ0) is 35.1. The number of thiazole rings is 2. The molecule has 0 saturated heterocycles. The van der Waals surface area contributed by atoms with Gasteiger partial charge in [-0.2, -0.15) is 9.36 Å². The Hall–Kier alpha value is -6.13. The lowest BCUT2D eigenvalue weighted by Crippen LogP contribution is -2.27. The van der Waals surface area contributed by atoms with E-state index < -0.39 is 47.8 Å². The van der Waals surface area contributed by atoms with Crippen LogP contribution in [0, 0.1) is 0 Å². The summed E-state index contributed by atoms with van der Waals surface area (Å²) in [5.74, 6) is -4.14. The van der Waals surface area contributed by atoms with E-state index in [1.165, 1.54) is 55.1 Å². The second kappa shape index (κ2) is 13.1. The van der Waals surface area contributed by atoms with Crippen molar-refractivity contribution in [3.8, 4) is 10.3 Å². The van der Waals surface area contributed by atoms with Gasteiger partial charge in [0.1, 0.15) is 0 Å². The number of benzene rings is 3. The van der Waals surface area contributed by atoms with Crippen LogP contribution in [0.2, 0.25) is 0 Å². The van der Waals surface area contributed by atoms with E-state index in [4.69, 9.17) is 9.47 Å². The van der Waals surface area contributed by atoms with E-state index in [2.05, 4.69) is 20.2 Å². The molecule has 50 heavy (non-hydrogen) atoms. The lowest BCUT2D eigenvalue weighted by molar-refractivity contribution is -0.140. The van der Waals surface area contributed by atoms with E-state index in [0.717, 1.165) is 18.8 Å². The smallest absolute Gasteiger partial charge is 0.335 e. The molecule has 4 aromatic heterocycles. The van der Waals surface area contributed by atoms with Gasteiger partial charge in [0.25, 0.3) is 11.1 Å². The van der Waals surface area contributed by atoms with Crippen molar-refractivity contribution in [2.24, 2.45) is 0 Å². The highest BCUT2D eigenvalue weighted by Gasteiger charge is 2.36. The number of aromatic nitrogens is 6. The Balaban J connectivity index is 1.56. The maximum Gasteiger partial charge on any atom is 0.335 e. The first-order valence-electron chi connectivity index (χ1n) is 15.0. The maximum atomic E-state index is 14.7. The standard InChI is InChI=1S/C34H26N6O8S2/c1-47-25(41)15-21-28(30(43)39(37-21)33-35-19-11-5-7-13-23(19)49-33)27(17-9-3-4-10-18(17)32(45)46)29-22(16-26(42)48-2)38-40(31(29)44)34-36-20-12-6-8-14-24(20)50-34/h3-14,27,37-38H,15-16H2,1-2H3,(H,45,46). The van der Waals surface area contributed by atoms with E-state index in [1.54, 1.807) is 18.2 Å². The number of methoxy groups -OCH3 is 2. The number of aromatic amines is 2. The molecule has 3 N–H and O–H groups in total. The van der Waals surface area contributed by atoms with E-state index in [9.17, 15) is 29.1 Å². The van der Waals surface area contributed by atoms with Gasteiger partial charge in [-0.1, -0.05) is 65.1 Å². The SMILES string of the molecule is COC(=O)Cc1[nH]n(-c2nc3ccccc3s2)c(=O)c1C(c1ccccc1C(=O)O)c1c(CC(=O)OC)[nH]n(-c2nc3ccccc3s2)c1=O. The fourth-order valence-electron chi connectivity index (χ4n) is 5.87. The number of carboxylic acid groups (broad SMARTS) is 1. The molecule has 14 nitrogen and oxygen atoms in total. The number of hydrogen-bond donors (Lipinski definition) is 3. The van der Waals surface area contributed by atoms with Crippen LogP contribution in [-0.2, 0) is 31.9 Å². The number of H-pyrrole nitrogens is 2. The average Bonchev–Trinajstić information content (AvgIpc) is 3.89. The van der Waals surface area contributed by atoms with Gasteiger partial charge >= 0.3 is 17.9 Å². The minimum atomic E-state index is -1.42. The van der Waals surface area contributed by atoms with E-state index in [0.29, 0.717) is 11.0 Å². The normalized spacial score (nSPS) is 11.4. The third-order valence-electron chi connectivity index (χ3n) is 8.14. The molecule has 3 aromatic carbocycles. The minimum absolute atomic E-state index is 0.0578. The highest BCUT2D eigenvalue weighted by molar-refractivity contribution is 7.21. The molecule has 0 fully saturated rings. The summed E-state index contributed by atoms with van der Waals surface area (Å²) in [5.41, 5.74) is -0.366. The van der Waals surface area contributed by atoms with E-state index in [-0.39, 0.29) is 43.9 Å². The summed E-state index contributed by atoms with van der Waals surface area (Å²) in [6, 6.07) is 20.5. The largest absolute Gasteiger partial charge is 0.478 e. The third kappa shape index (κ3) is 5.69. The first kappa shape index (κ1) is 32.4. The van der Waals surface area contributed by atoms with Crippen molar-refractivity contribution in [1.82, 2.24) is 29.5 Å². The number of nitrogens with zero attached hydrogens (tertiary/aromatic N) is 4. The summed E-state index contributed by atoms with van der Waals surface area (Å²) in [7, 11) is 2.39. The van der Waals surface area contributed by atoms with Gasteiger partial charge in [0.05, 0.1) is 75.6 Å². The summed E-state index contributed by atoms with van der Waals surface area (Å²) in [6.45, 7) is 0. The minimum Gasteiger partial charge on any atom is -0.478 e. The number of ether oxygens (including phenoxy) is 2. The van der Waals surface area contributed by atoms with Crippen LogP contribution in [0.25, 0.3) is 30.7 Å². The molecule has 0 saturated carbocycles. The number of esters is 2. The highest BCUT2D eigenvalue weighted by Crippen LogP contribution is 2.36. The van der Waals surface area contributed by atoms with Gasteiger partial charge in [-0.25, -0.2) is 14.8 Å². The molecule has 7 aromatic rings. The molecule has 0 amide bonds. The molecule has 0 spiro atoms. The predicted molar refractivity (Wildman–Crippen MR) is 185 cm³/mol. The number of aromatic carboxylic acids is 1. The monoisotopic (exact) mass is 710 g/mol. The summed E-state index contributed by atoms with van der Waals surface area (Å²) < 4.78 is 13.8. The molecule has 0 bridgehead atoms. The van der Waals surface area contributed by atoms with Crippen molar-refractivity contribution in [1.29, 1.82) is 0 Å². The van der Waals surface area contributed by atoms with Gasteiger partial charge in [-0.15, -0.1) is 0 Å². The lowest BCUT2D eigenvalue weighted by Gasteiger charge is -2.19. The van der Waals surface area contributed by atoms with Crippen LogP contribution in [0.4, 0.5) is 0 Å². The van der Waals surface area contributed by atoms with Crippen LogP contribution in [0.3, 0.4) is 0 Å². The van der Waals surface area contributed by atoms with Gasteiger partial charge in [-0.05, 0) is 35.9 Å². The van der Waals surface area contributed by atoms with E-state index >= 15 is 0 Å².